The van der Waals surface area contributed by atoms with Gasteiger partial charge in [0, 0.05) is 19.0 Å². The molecular formula is C12H24N2O2. The van der Waals surface area contributed by atoms with Gasteiger partial charge in [-0.1, -0.05) is 6.92 Å². The molecule has 0 aromatic carbocycles. The molecule has 0 aromatic rings. The molecule has 0 amide bonds. The summed E-state index contributed by atoms with van der Waals surface area (Å²) >= 11 is 0. The molecule has 3 unspecified atom stereocenters. The van der Waals surface area contributed by atoms with Crippen molar-refractivity contribution in [2.75, 3.05) is 34.2 Å². The van der Waals surface area contributed by atoms with Crippen LogP contribution in [-0.2, 0) is 4.79 Å². The van der Waals surface area contributed by atoms with Crippen molar-refractivity contribution in [3.05, 3.63) is 0 Å². The van der Waals surface area contributed by atoms with E-state index < -0.39 is 5.97 Å². The van der Waals surface area contributed by atoms with E-state index in [1.807, 2.05) is 0 Å². The summed E-state index contributed by atoms with van der Waals surface area (Å²) in [5, 5.41) is 8.88. The quantitative estimate of drug-likeness (QED) is 0.762. The van der Waals surface area contributed by atoms with Crippen molar-refractivity contribution in [2.24, 2.45) is 11.8 Å². The van der Waals surface area contributed by atoms with Gasteiger partial charge in [-0.15, -0.1) is 0 Å². The second-order valence-corrected chi connectivity index (χ2v) is 5.34. The standard InChI is InChI=1S/C12H24N2O2/c1-9(7-11(15)16)12(13(2)3)10-5-6-14(4)8-10/h9-10,12H,5-8H2,1-4H3,(H,15,16). The molecule has 3 atom stereocenters. The number of aliphatic carboxylic acids is 1. The number of likely N-dealkylation sites (tertiary alicyclic amines) is 1. The molecule has 1 aliphatic heterocycles. The molecule has 0 saturated carbocycles. The summed E-state index contributed by atoms with van der Waals surface area (Å²) in [4.78, 5) is 15.3. The van der Waals surface area contributed by atoms with Crippen molar-refractivity contribution in [1.29, 1.82) is 0 Å². The normalized spacial score (nSPS) is 25.9. The fourth-order valence-electron chi connectivity index (χ4n) is 3.04. The minimum atomic E-state index is -0.689. The summed E-state index contributed by atoms with van der Waals surface area (Å²) in [7, 11) is 6.25. The van der Waals surface area contributed by atoms with E-state index in [1.165, 1.54) is 6.42 Å². The van der Waals surface area contributed by atoms with Gasteiger partial charge in [0.2, 0.25) is 0 Å². The lowest BCUT2D eigenvalue weighted by Gasteiger charge is -2.34. The molecule has 0 radical (unpaired) electrons. The molecule has 1 aliphatic rings. The first kappa shape index (κ1) is 13.5. The topological polar surface area (TPSA) is 43.8 Å². The average molecular weight is 228 g/mol. The maximum Gasteiger partial charge on any atom is 0.303 e. The van der Waals surface area contributed by atoms with E-state index >= 15 is 0 Å². The van der Waals surface area contributed by atoms with Crippen LogP contribution in [0.15, 0.2) is 0 Å². The van der Waals surface area contributed by atoms with E-state index in [0.29, 0.717) is 12.0 Å². The molecule has 0 spiro atoms. The summed E-state index contributed by atoms with van der Waals surface area (Å²) in [6.07, 6.45) is 1.45. The van der Waals surface area contributed by atoms with Crippen LogP contribution in [0.5, 0.6) is 0 Å². The van der Waals surface area contributed by atoms with E-state index in [2.05, 4.69) is 37.9 Å². The minimum absolute atomic E-state index is 0.212. The number of rotatable bonds is 5. The Kier molecular flexibility index (Phi) is 4.74. The van der Waals surface area contributed by atoms with Crippen molar-refractivity contribution in [3.8, 4) is 0 Å². The third-order valence-electron chi connectivity index (χ3n) is 3.59. The lowest BCUT2D eigenvalue weighted by Crippen LogP contribution is -2.42. The molecule has 4 nitrogen and oxygen atoms in total. The molecule has 0 aliphatic carbocycles. The zero-order valence-electron chi connectivity index (χ0n) is 10.8. The fourth-order valence-corrected chi connectivity index (χ4v) is 3.04. The Morgan fingerprint density at radius 3 is 2.56 bits per heavy atom. The van der Waals surface area contributed by atoms with E-state index in [0.717, 1.165) is 13.1 Å². The number of carboxylic acids is 1. The Labute approximate surface area is 98.2 Å². The van der Waals surface area contributed by atoms with Crippen LogP contribution in [0.2, 0.25) is 0 Å². The Hall–Kier alpha value is -0.610. The molecule has 94 valence electrons. The maximum atomic E-state index is 10.8. The van der Waals surface area contributed by atoms with Gasteiger partial charge in [-0.05, 0) is 45.9 Å². The maximum absolute atomic E-state index is 10.8. The SMILES string of the molecule is CC(CC(=O)O)C(C1CCN(C)C1)N(C)C. The van der Waals surface area contributed by atoms with Gasteiger partial charge < -0.3 is 14.9 Å². The Bertz CT molecular complexity index is 243. The third-order valence-corrected chi connectivity index (χ3v) is 3.59. The van der Waals surface area contributed by atoms with E-state index in [1.54, 1.807) is 0 Å². The average Bonchev–Trinajstić information content (AvgIpc) is 2.49. The molecule has 0 bridgehead atoms. The van der Waals surface area contributed by atoms with Crippen LogP contribution in [0.1, 0.15) is 19.8 Å². The Morgan fingerprint density at radius 1 is 1.56 bits per heavy atom. The summed E-state index contributed by atoms with van der Waals surface area (Å²) in [5.41, 5.74) is 0. The summed E-state index contributed by atoms with van der Waals surface area (Å²) in [6, 6.07) is 0.376. The van der Waals surface area contributed by atoms with Crippen molar-refractivity contribution < 1.29 is 9.90 Å². The Morgan fingerprint density at radius 2 is 2.19 bits per heavy atom. The Balaban J connectivity index is 2.63. The summed E-state index contributed by atoms with van der Waals surface area (Å²) in [5.74, 6) is 0.129. The lowest BCUT2D eigenvalue weighted by molar-refractivity contribution is -0.138. The molecule has 4 heteroatoms. The molecule has 1 saturated heterocycles. The van der Waals surface area contributed by atoms with Crippen LogP contribution in [0, 0.1) is 11.8 Å². The number of nitrogens with zero attached hydrogens (tertiary/aromatic N) is 2. The van der Waals surface area contributed by atoms with Crippen LogP contribution < -0.4 is 0 Å². The molecule has 1 N–H and O–H groups in total. The predicted molar refractivity (Wildman–Crippen MR) is 64.5 cm³/mol. The third kappa shape index (κ3) is 3.46. The predicted octanol–water partition coefficient (Wildman–Crippen LogP) is 0.979. The molecule has 1 rings (SSSR count). The van der Waals surface area contributed by atoms with Crippen molar-refractivity contribution in [2.45, 2.75) is 25.8 Å². The molecule has 16 heavy (non-hydrogen) atoms. The molecule has 0 aromatic heterocycles. The van der Waals surface area contributed by atoms with Gasteiger partial charge >= 0.3 is 5.97 Å². The first-order valence-electron chi connectivity index (χ1n) is 5.98. The van der Waals surface area contributed by atoms with E-state index in [9.17, 15) is 4.79 Å². The minimum Gasteiger partial charge on any atom is -0.481 e. The second kappa shape index (κ2) is 5.64. The number of hydrogen-bond donors (Lipinski definition) is 1. The van der Waals surface area contributed by atoms with Gasteiger partial charge in [0.05, 0.1) is 0 Å². The van der Waals surface area contributed by atoms with Crippen molar-refractivity contribution in [3.63, 3.8) is 0 Å². The highest BCUT2D eigenvalue weighted by atomic mass is 16.4. The lowest BCUT2D eigenvalue weighted by atomic mass is 9.86. The van der Waals surface area contributed by atoms with Gasteiger partial charge in [-0.25, -0.2) is 0 Å². The highest BCUT2D eigenvalue weighted by Gasteiger charge is 2.33. The van der Waals surface area contributed by atoms with Crippen LogP contribution in [-0.4, -0.2) is 61.2 Å². The van der Waals surface area contributed by atoms with Crippen molar-refractivity contribution in [1.82, 2.24) is 9.80 Å². The smallest absolute Gasteiger partial charge is 0.303 e. The largest absolute Gasteiger partial charge is 0.481 e. The number of hydrogen-bond acceptors (Lipinski definition) is 3. The van der Waals surface area contributed by atoms with Crippen LogP contribution >= 0.6 is 0 Å². The first-order chi connectivity index (χ1) is 7.41. The van der Waals surface area contributed by atoms with Crippen LogP contribution in [0.4, 0.5) is 0 Å². The summed E-state index contributed by atoms with van der Waals surface area (Å²) < 4.78 is 0. The van der Waals surface area contributed by atoms with E-state index in [4.69, 9.17) is 5.11 Å². The van der Waals surface area contributed by atoms with Gasteiger partial charge in [0.25, 0.3) is 0 Å². The molecule has 1 fully saturated rings. The molecule has 1 heterocycles. The van der Waals surface area contributed by atoms with Crippen LogP contribution in [0.3, 0.4) is 0 Å². The molecular weight excluding hydrogens is 204 g/mol. The zero-order valence-corrected chi connectivity index (χ0v) is 10.8. The monoisotopic (exact) mass is 228 g/mol. The van der Waals surface area contributed by atoms with Gasteiger partial charge in [0.1, 0.15) is 0 Å². The summed E-state index contributed by atoms with van der Waals surface area (Å²) in [6.45, 7) is 4.28. The van der Waals surface area contributed by atoms with Crippen molar-refractivity contribution >= 4 is 5.97 Å². The number of carboxylic acid groups (broad SMARTS) is 1. The highest BCUT2D eigenvalue weighted by molar-refractivity contribution is 5.67. The van der Waals surface area contributed by atoms with Crippen LogP contribution in [0.25, 0.3) is 0 Å². The zero-order chi connectivity index (χ0) is 12.3. The first-order valence-corrected chi connectivity index (χ1v) is 5.98. The highest BCUT2D eigenvalue weighted by Crippen LogP contribution is 2.27. The fraction of sp³-hybridized carbons (Fsp3) is 0.917. The van der Waals surface area contributed by atoms with Gasteiger partial charge in [-0.3, -0.25) is 4.79 Å². The van der Waals surface area contributed by atoms with Gasteiger partial charge in [-0.2, -0.15) is 0 Å². The van der Waals surface area contributed by atoms with Gasteiger partial charge in [0.15, 0.2) is 0 Å². The van der Waals surface area contributed by atoms with E-state index in [-0.39, 0.29) is 12.3 Å². The number of carbonyl (C=O) groups is 1. The second-order valence-electron chi connectivity index (χ2n) is 5.34.